The summed E-state index contributed by atoms with van der Waals surface area (Å²) in [5.74, 6) is -1.46. The molecular formula is C31H32ClFN8O3. The van der Waals surface area contributed by atoms with E-state index in [0.29, 0.717) is 35.2 Å². The van der Waals surface area contributed by atoms with Crippen LogP contribution in [0.15, 0.2) is 67.0 Å². The molecule has 3 aromatic carbocycles. The highest BCUT2D eigenvalue weighted by Crippen LogP contribution is 2.26. The quantitative estimate of drug-likeness (QED) is 0.201. The summed E-state index contributed by atoms with van der Waals surface area (Å²) in [6, 6.07) is 15.8. The molecule has 0 unspecified atom stereocenters. The van der Waals surface area contributed by atoms with Crippen molar-refractivity contribution in [3.8, 4) is 16.8 Å². The molecule has 3 amide bonds. The normalized spacial score (nSPS) is 16.8. The predicted molar refractivity (Wildman–Crippen MR) is 162 cm³/mol. The van der Waals surface area contributed by atoms with E-state index < -0.39 is 17.8 Å². The molecule has 228 valence electrons. The monoisotopic (exact) mass is 618 g/mol. The molecule has 0 spiro atoms. The molecule has 1 aliphatic heterocycles. The molecule has 0 aliphatic carbocycles. The van der Waals surface area contributed by atoms with Crippen LogP contribution in [0.5, 0.6) is 0 Å². The van der Waals surface area contributed by atoms with Crippen molar-refractivity contribution >= 4 is 29.3 Å². The fourth-order valence-corrected chi connectivity index (χ4v) is 5.52. The van der Waals surface area contributed by atoms with Crippen LogP contribution in [0.3, 0.4) is 0 Å². The Kier molecular flexibility index (Phi) is 9.61. The number of halogens is 2. The largest absolute Gasteiger partial charge is 0.366 e. The Morgan fingerprint density at radius 1 is 1.14 bits per heavy atom. The van der Waals surface area contributed by atoms with Gasteiger partial charge in [0.05, 0.1) is 11.7 Å². The number of primary amides is 1. The Morgan fingerprint density at radius 3 is 2.66 bits per heavy atom. The number of hydrogen-bond acceptors (Lipinski definition) is 7. The van der Waals surface area contributed by atoms with Crippen LogP contribution in [-0.2, 0) is 22.6 Å². The molecule has 1 aliphatic rings. The van der Waals surface area contributed by atoms with Crippen LogP contribution in [0, 0.1) is 11.7 Å². The molecular weight excluding hydrogens is 587 g/mol. The minimum atomic E-state index is -0.742. The number of carbonyl (C=O) groups excluding carboxylic acids is 3. The van der Waals surface area contributed by atoms with Gasteiger partial charge in [0.25, 0.3) is 0 Å². The van der Waals surface area contributed by atoms with Crippen molar-refractivity contribution in [1.82, 2.24) is 36.2 Å². The van der Waals surface area contributed by atoms with Gasteiger partial charge in [-0.15, -0.1) is 5.10 Å². The third kappa shape index (κ3) is 7.44. The van der Waals surface area contributed by atoms with Gasteiger partial charge in [0.2, 0.25) is 17.7 Å². The number of hydrogen-bond donors (Lipinski definition) is 4. The molecule has 13 heteroatoms. The lowest BCUT2D eigenvalue weighted by Crippen LogP contribution is -2.50. The van der Waals surface area contributed by atoms with Crippen molar-refractivity contribution in [3.05, 3.63) is 94.5 Å². The van der Waals surface area contributed by atoms with Gasteiger partial charge in [-0.2, -0.15) is 0 Å². The van der Waals surface area contributed by atoms with Crippen molar-refractivity contribution in [1.29, 1.82) is 0 Å². The van der Waals surface area contributed by atoms with E-state index in [0.717, 1.165) is 35.6 Å². The van der Waals surface area contributed by atoms with E-state index in [-0.39, 0.29) is 30.0 Å². The number of amides is 3. The molecule has 2 heterocycles. The van der Waals surface area contributed by atoms with E-state index in [1.807, 2.05) is 24.3 Å². The van der Waals surface area contributed by atoms with Crippen molar-refractivity contribution in [2.24, 2.45) is 11.7 Å². The van der Waals surface area contributed by atoms with Crippen LogP contribution in [0.25, 0.3) is 16.8 Å². The van der Waals surface area contributed by atoms with Gasteiger partial charge in [-0.05, 0) is 102 Å². The average Bonchev–Trinajstić information content (AvgIpc) is 3.72. The SMILES string of the molecule is C[C@H](NC(=O)[C@H]1C[C@H](CCc2ccc(-c3ccc(F)cc3C(N)=O)cc2)CN1)C(=O)NCc1cc(Cl)ccc1-n1cnnn1. The molecule has 0 saturated carbocycles. The first-order chi connectivity index (χ1) is 21.2. The van der Waals surface area contributed by atoms with Gasteiger partial charge in [0, 0.05) is 17.1 Å². The first-order valence-corrected chi connectivity index (χ1v) is 14.6. The molecule has 11 nitrogen and oxygen atoms in total. The zero-order valence-corrected chi connectivity index (χ0v) is 24.7. The molecule has 1 fully saturated rings. The zero-order valence-electron chi connectivity index (χ0n) is 24.0. The minimum absolute atomic E-state index is 0.141. The molecule has 0 radical (unpaired) electrons. The first kappa shape index (κ1) is 30.8. The summed E-state index contributed by atoms with van der Waals surface area (Å²) in [5, 5.41) is 20.6. The second kappa shape index (κ2) is 13.7. The topological polar surface area (TPSA) is 157 Å². The van der Waals surface area contributed by atoms with Crippen LogP contribution in [0.1, 0.15) is 41.3 Å². The van der Waals surface area contributed by atoms with Crippen LogP contribution >= 0.6 is 11.6 Å². The predicted octanol–water partition coefficient (Wildman–Crippen LogP) is 2.95. The van der Waals surface area contributed by atoms with Crippen LogP contribution in [0.4, 0.5) is 4.39 Å². The van der Waals surface area contributed by atoms with Crippen LogP contribution in [-0.4, -0.2) is 56.6 Å². The first-order valence-electron chi connectivity index (χ1n) is 14.2. The third-order valence-corrected chi connectivity index (χ3v) is 7.97. The Labute approximate surface area is 258 Å². The molecule has 4 aromatic rings. The summed E-state index contributed by atoms with van der Waals surface area (Å²) in [4.78, 5) is 37.5. The summed E-state index contributed by atoms with van der Waals surface area (Å²) < 4.78 is 15.1. The highest BCUT2D eigenvalue weighted by atomic mass is 35.5. The van der Waals surface area contributed by atoms with E-state index in [2.05, 4.69) is 31.5 Å². The number of aromatic nitrogens is 4. The Morgan fingerprint density at radius 2 is 1.93 bits per heavy atom. The van der Waals surface area contributed by atoms with Gasteiger partial charge >= 0.3 is 0 Å². The fourth-order valence-electron chi connectivity index (χ4n) is 5.33. The fraction of sp³-hybridized carbons (Fsp3) is 0.290. The second-order valence-electron chi connectivity index (χ2n) is 10.8. The Balaban J connectivity index is 1.08. The number of benzene rings is 3. The Hall–Kier alpha value is -4.68. The van der Waals surface area contributed by atoms with Crippen molar-refractivity contribution < 1.29 is 18.8 Å². The number of nitrogens with one attached hydrogen (secondary N) is 3. The molecule has 44 heavy (non-hydrogen) atoms. The standard InChI is InChI=1S/C31H32ClFN8O3/c1-18(30(43)36-16-22-13-23(32)8-11-28(22)41-17-37-39-40-41)38-31(44)27-12-20(15-35-27)3-2-19-4-6-21(7-5-19)25-10-9-24(33)14-26(25)29(34)42/h4-11,13-14,17-18,20,27,35H,2-3,12,15-16H2,1H3,(H2,34,42)(H,36,43)(H,38,44)/t18-,20-,27+/m0/s1. The summed E-state index contributed by atoms with van der Waals surface area (Å²) in [5.41, 5.74) is 9.44. The van der Waals surface area contributed by atoms with Gasteiger partial charge in [-0.1, -0.05) is 41.9 Å². The average molecular weight is 619 g/mol. The smallest absolute Gasteiger partial charge is 0.249 e. The van der Waals surface area contributed by atoms with Gasteiger partial charge in [0.1, 0.15) is 18.2 Å². The lowest BCUT2D eigenvalue weighted by Gasteiger charge is -2.18. The number of aryl methyl sites for hydroxylation is 1. The summed E-state index contributed by atoms with van der Waals surface area (Å²) in [6.07, 6.45) is 3.79. The molecule has 5 rings (SSSR count). The maximum absolute atomic E-state index is 13.6. The molecule has 3 atom stereocenters. The van der Waals surface area contributed by atoms with Gasteiger partial charge in [0.15, 0.2) is 0 Å². The molecule has 0 bridgehead atoms. The molecule has 5 N–H and O–H groups in total. The van der Waals surface area contributed by atoms with E-state index >= 15 is 0 Å². The lowest BCUT2D eigenvalue weighted by atomic mass is 9.94. The number of nitrogens with zero attached hydrogens (tertiary/aromatic N) is 4. The van der Waals surface area contributed by atoms with E-state index in [4.69, 9.17) is 17.3 Å². The van der Waals surface area contributed by atoms with Gasteiger partial charge < -0.3 is 21.7 Å². The minimum Gasteiger partial charge on any atom is -0.366 e. The van der Waals surface area contributed by atoms with E-state index in [9.17, 15) is 18.8 Å². The van der Waals surface area contributed by atoms with Gasteiger partial charge in [-0.25, -0.2) is 9.07 Å². The third-order valence-electron chi connectivity index (χ3n) is 7.73. The Bertz CT molecular complexity index is 1650. The zero-order chi connectivity index (χ0) is 31.2. The highest BCUT2D eigenvalue weighted by Gasteiger charge is 2.30. The lowest BCUT2D eigenvalue weighted by molar-refractivity contribution is -0.129. The van der Waals surface area contributed by atoms with Crippen LogP contribution < -0.4 is 21.7 Å². The maximum Gasteiger partial charge on any atom is 0.249 e. The number of tetrazole rings is 1. The highest BCUT2D eigenvalue weighted by molar-refractivity contribution is 6.30. The number of carbonyl (C=O) groups is 3. The number of nitrogens with two attached hydrogens (primary N) is 1. The molecule has 1 saturated heterocycles. The summed E-state index contributed by atoms with van der Waals surface area (Å²) in [6.45, 7) is 2.51. The van der Waals surface area contributed by atoms with Gasteiger partial charge in [-0.3, -0.25) is 14.4 Å². The van der Waals surface area contributed by atoms with Crippen molar-refractivity contribution in [3.63, 3.8) is 0 Å². The van der Waals surface area contributed by atoms with Crippen LogP contribution in [0.2, 0.25) is 5.02 Å². The van der Waals surface area contributed by atoms with Crippen molar-refractivity contribution in [2.75, 3.05) is 6.54 Å². The summed E-state index contributed by atoms with van der Waals surface area (Å²) in [7, 11) is 0. The van der Waals surface area contributed by atoms with Crippen molar-refractivity contribution in [2.45, 2.75) is 44.8 Å². The van der Waals surface area contributed by atoms with E-state index in [1.165, 1.54) is 17.1 Å². The summed E-state index contributed by atoms with van der Waals surface area (Å²) >= 11 is 6.15. The van der Waals surface area contributed by atoms with E-state index in [1.54, 1.807) is 31.2 Å². The number of rotatable bonds is 11. The maximum atomic E-state index is 13.6. The molecule has 1 aromatic heterocycles. The second-order valence-corrected chi connectivity index (χ2v) is 11.3.